The Morgan fingerprint density at radius 3 is 2.94 bits per heavy atom. The van der Waals surface area contributed by atoms with Crippen LogP contribution in [0.3, 0.4) is 0 Å². The van der Waals surface area contributed by atoms with Crippen LogP contribution < -0.4 is 0 Å². The SMILES string of the molecule is C=C(CCO)[C@H]1Sc2cc(Cl)ccc2C1=C. The summed E-state index contributed by atoms with van der Waals surface area (Å²) in [6.07, 6.45) is 0.623. The predicted molar refractivity (Wildman–Crippen MR) is 71.0 cm³/mol. The van der Waals surface area contributed by atoms with Gasteiger partial charge in [-0.2, -0.15) is 0 Å². The van der Waals surface area contributed by atoms with Crippen LogP contribution in [0.2, 0.25) is 5.02 Å². The van der Waals surface area contributed by atoms with Gasteiger partial charge >= 0.3 is 0 Å². The molecular weight excluding hydrogens is 240 g/mol. The number of aliphatic hydroxyl groups excluding tert-OH is 1. The number of rotatable bonds is 3. The number of hydrogen-bond donors (Lipinski definition) is 1. The maximum absolute atomic E-state index is 8.92. The molecule has 0 radical (unpaired) electrons. The predicted octanol–water partition coefficient (Wildman–Crippen LogP) is 3.77. The van der Waals surface area contributed by atoms with Crippen LogP contribution >= 0.6 is 23.4 Å². The molecule has 1 nitrogen and oxygen atoms in total. The van der Waals surface area contributed by atoms with Crippen molar-refractivity contribution in [2.45, 2.75) is 16.6 Å². The molecular formula is C13H13ClOS. The van der Waals surface area contributed by atoms with E-state index in [9.17, 15) is 0 Å². The Kier molecular flexibility index (Phi) is 3.43. The molecule has 0 unspecified atom stereocenters. The first-order valence-electron chi connectivity index (χ1n) is 5.07. The van der Waals surface area contributed by atoms with E-state index in [4.69, 9.17) is 16.7 Å². The average molecular weight is 253 g/mol. The first kappa shape index (κ1) is 11.8. The van der Waals surface area contributed by atoms with E-state index in [-0.39, 0.29) is 11.9 Å². The van der Waals surface area contributed by atoms with E-state index in [1.807, 2.05) is 18.2 Å². The highest BCUT2D eigenvalue weighted by Gasteiger charge is 2.27. The molecule has 1 aliphatic rings. The highest BCUT2D eigenvalue weighted by Crippen LogP contribution is 2.47. The Balaban J connectivity index is 2.27. The summed E-state index contributed by atoms with van der Waals surface area (Å²) in [5.41, 5.74) is 3.23. The molecule has 0 fully saturated rings. The van der Waals surface area contributed by atoms with Crippen LogP contribution in [0.4, 0.5) is 0 Å². The maximum atomic E-state index is 8.92. The molecule has 84 valence electrons. The number of fused-ring (bicyclic) bond motifs is 1. The van der Waals surface area contributed by atoms with Gasteiger partial charge in [-0.25, -0.2) is 0 Å². The summed E-state index contributed by atoms with van der Waals surface area (Å²) in [6.45, 7) is 8.25. The molecule has 1 aliphatic heterocycles. The van der Waals surface area contributed by atoms with Gasteiger partial charge in [0.15, 0.2) is 0 Å². The van der Waals surface area contributed by atoms with Crippen LogP contribution in [-0.4, -0.2) is 17.0 Å². The minimum atomic E-state index is 0.139. The zero-order valence-corrected chi connectivity index (χ0v) is 10.4. The first-order valence-corrected chi connectivity index (χ1v) is 6.33. The highest BCUT2D eigenvalue weighted by molar-refractivity contribution is 8.01. The van der Waals surface area contributed by atoms with Crippen molar-refractivity contribution in [1.82, 2.24) is 0 Å². The van der Waals surface area contributed by atoms with Crippen LogP contribution in [0.15, 0.2) is 41.8 Å². The molecule has 2 rings (SSSR count). The Morgan fingerprint density at radius 1 is 1.50 bits per heavy atom. The van der Waals surface area contributed by atoms with Crippen molar-refractivity contribution in [3.63, 3.8) is 0 Å². The fourth-order valence-electron chi connectivity index (χ4n) is 1.80. The summed E-state index contributed by atoms with van der Waals surface area (Å²) in [6, 6.07) is 5.83. The third-order valence-corrected chi connectivity index (χ3v) is 4.33. The quantitative estimate of drug-likeness (QED) is 0.827. The summed E-state index contributed by atoms with van der Waals surface area (Å²) < 4.78 is 0. The van der Waals surface area contributed by atoms with Crippen molar-refractivity contribution in [2.75, 3.05) is 6.61 Å². The van der Waals surface area contributed by atoms with Crippen molar-refractivity contribution >= 4 is 28.9 Å². The lowest BCUT2D eigenvalue weighted by molar-refractivity contribution is 0.299. The summed E-state index contributed by atoms with van der Waals surface area (Å²) in [4.78, 5) is 1.15. The zero-order chi connectivity index (χ0) is 11.7. The largest absolute Gasteiger partial charge is 0.396 e. The normalized spacial score (nSPS) is 18.6. The highest BCUT2D eigenvalue weighted by atomic mass is 35.5. The van der Waals surface area contributed by atoms with Crippen molar-refractivity contribution in [2.24, 2.45) is 0 Å². The molecule has 1 atom stereocenters. The lowest BCUT2D eigenvalue weighted by atomic mass is 9.99. The molecule has 0 spiro atoms. The molecule has 0 aromatic heterocycles. The van der Waals surface area contributed by atoms with Gasteiger partial charge in [-0.05, 0) is 29.7 Å². The van der Waals surface area contributed by atoms with E-state index < -0.39 is 0 Å². The van der Waals surface area contributed by atoms with Gasteiger partial charge in [0.2, 0.25) is 0 Å². The fourth-order valence-corrected chi connectivity index (χ4v) is 3.37. The lowest BCUT2D eigenvalue weighted by Gasteiger charge is -2.12. The first-order chi connectivity index (χ1) is 7.63. The lowest BCUT2D eigenvalue weighted by Crippen LogP contribution is -2.04. The second kappa shape index (κ2) is 4.66. The topological polar surface area (TPSA) is 20.2 Å². The van der Waals surface area contributed by atoms with E-state index >= 15 is 0 Å². The van der Waals surface area contributed by atoms with Crippen LogP contribution in [0, 0.1) is 0 Å². The molecule has 0 amide bonds. The van der Waals surface area contributed by atoms with Gasteiger partial charge in [0.1, 0.15) is 0 Å². The number of aliphatic hydroxyl groups is 1. The van der Waals surface area contributed by atoms with Gasteiger partial charge in [-0.3, -0.25) is 0 Å². The summed E-state index contributed by atoms with van der Waals surface area (Å²) >= 11 is 7.67. The standard InChI is InChI=1S/C13H13ClOS/c1-8(5-6-15)13-9(2)11-4-3-10(14)7-12(11)16-13/h3-4,7,13,15H,1-2,5-6H2/t13-/m1/s1. The number of thioether (sulfide) groups is 1. The van der Waals surface area contributed by atoms with E-state index in [1.54, 1.807) is 11.8 Å². The number of halogens is 1. The third kappa shape index (κ3) is 2.05. The third-order valence-electron chi connectivity index (χ3n) is 2.65. The average Bonchev–Trinajstić information content (AvgIpc) is 2.56. The second-order valence-electron chi connectivity index (χ2n) is 3.80. The van der Waals surface area contributed by atoms with Crippen molar-refractivity contribution in [3.05, 3.63) is 47.5 Å². The Bertz CT molecular complexity index is 453. The molecule has 0 aliphatic carbocycles. The van der Waals surface area contributed by atoms with E-state index in [1.165, 1.54) is 0 Å². The minimum Gasteiger partial charge on any atom is -0.396 e. The van der Waals surface area contributed by atoms with Gasteiger partial charge in [0, 0.05) is 16.5 Å². The van der Waals surface area contributed by atoms with E-state index in [0.29, 0.717) is 6.42 Å². The van der Waals surface area contributed by atoms with Crippen LogP contribution in [0.5, 0.6) is 0 Å². The van der Waals surface area contributed by atoms with Crippen molar-refractivity contribution in [1.29, 1.82) is 0 Å². The van der Waals surface area contributed by atoms with Gasteiger partial charge in [-0.15, -0.1) is 11.8 Å². The minimum absolute atomic E-state index is 0.139. The van der Waals surface area contributed by atoms with Crippen molar-refractivity contribution < 1.29 is 5.11 Å². The Labute approximate surface area is 105 Å². The maximum Gasteiger partial charge on any atom is 0.0552 e. The molecule has 1 heterocycles. The van der Waals surface area contributed by atoms with Crippen molar-refractivity contribution in [3.8, 4) is 0 Å². The van der Waals surface area contributed by atoms with Gasteiger partial charge in [-0.1, -0.05) is 36.4 Å². The molecule has 1 N–H and O–H groups in total. The summed E-state index contributed by atoms with van der Waals surface area (Å²) in [7, 11) is 0. The monoisotopic (exact) mass is 252 g/mol. The fraction of sp³-hybridized carbons (Fsp3) is 0.231. The van der Waals surface area contributed by atoms with Crippen LogP contribution in [0.1, 0.15) is 12.0 Å². The Hall–Kier alpha value is -0.700. The molecule has 0 saturated heterocycles. The van der Waals surface area contributed by atoms with Gasteiger partial charge < -0.3 is 5.11 Å². The molecule has 3 heteroatoms. The zero-order valence-electron chi connectivity index (χ0n) is 8.87. The van der Waals surface area contributed by atoms with Gasteiger partial charge in [0.05, 0.1) is 5.25 Å². The number of benzene rings is 1. The number of hydrogen-bond acceptors (Lipinski definition) is 2. The molecule has 1 aromatic rings. The summed E-state index contributed by atoms with van der Waals surface area (Å²) in [5.74, 6) is 0. The van der Waals surface area contributed by atoms with Crippen LogP contribution in [-0.2, 0) is 0 Å². The molecule has 1 aromatic carbocycles. The molecule has 0 bridgehead atoms. The Morgan fingerprint density at radius 2 is 2.25 bits per heavy atom. The second-order valence-corrected chi connectivity index (χ2v) is 5.38. The molecule has 16 heavy (non-hydrogen) atoms. The summed E-state index contributed by atoms with van der Waals surface area (Å²) in [5, 5.41) is 9.85. The van der Waals surface area contributed by atoms with E-state index in [2.05, 4.69) is 13.2 Å². The smallest absolute Gasteiger partial charge is 0.0552 e. The van der Waals surface area contributed by atoms with E-state index in [0.717, 1.165) is 26.6 Å². The molecule has 0 saturated carbocycles. The van der Waals surface area contributed by atoms with Gasteiger partial charge in [0.25, 0.3) is 0 Å². The van der Waals surface area contributed by atoms with Crippen LogP contribution in [0.25, 0.3) is 5.57 Å².